The van der Waals surface area contributed by atoms with Gasteiger partial charge in [0.05, 0.1) is 11.6 Å². The molecule has 0 radical (unpaired) electrons. The van der Waals surface area contributed by atoms with Gasteiger partial charge in [0.1, 0.15) is 0 Å². The second-order valence-electron chi connectivity index (χ2n) is 6.56. The zero-order chi connectivity index (χ0) is 15.6. The van der Waals surface area contributed by atoms with E-state index in [1.54, 1.807) is 6.07 Å². The third kappa shape index (κ3) is 4.95. The molecule has 0 aromatic heterocycles. The topological polar surface area (TPSA) is 59.3 Å². The van der Waals surface area contributed by atoms with Crippen molar-refractivity contribution in [1.82, 2.24) is 10.2 Å². The van der Waals surface area contributed by atoms with Crippen molar-refractivity contribution in [3.05, 3.63) is 29.1 Å². The van der Waals surface area contributed by atoms with Gasteiger partial charge in [-0.3, -0.25) is 4.90 Å². The van der Waals surface area contributed by atoms with Crippen molar-refractivity contribution in [3.63, 3.8) is 0 Å². The fraction of sp³-hybridized carbons (Fsp3) is 0.562. The summed E-state index contributed by atoms with van der Waals surface area (Å²) in [5.74, 6) is -1.07. The molecule has 23 heavy (non-hydrogen) atoms. The average Bonchev–Trinajstić information content (AvgIpc) is 2.43. The molecule has 0 spiro atoms. The minimum Gasteiger partial charge on any atom is -0.505 e. The molecular formula is C16H24Cl2FN3O. The molecule has 4 nitrogen and oxygen atoms in total. The molecule has 0 aliphatic carbocycles. The lowest BCUT2D eigenvalue weighted by Crippen LogP contribution is -2.48. The van der Waals surface area contributed by atoms with Gasteiger partial charge in [0, 0.05) is 37.8 Å². The highest BCUT2D eigenvalue weighted by atomic mass is 35.5. The average molecular weight is 364 g/mol. The van der Waals surface area contributed by atoms with Crippen LogP contribution in [-0.2, 0) is 0 Å². The van der Waals surface area contributed by atoms with Gasteiger partial charge >= 0.3 is 0 Å². The van der Waals surface area contributed by atoms with Crippen LogP contribution in [0.1, 0.15) is 37.9 Å². The molecule has 0 unspecified atom stereocenters. The maximum Gasteiger partial charge on any atom is 0.166 e. The number of benzene rings is 1. The Morgan fingerprint density at radius 2 is 1.83 bits per heavy atom. The number of hydrogen-bond donors (Lipinski definition) is 2. The number of phenols is 1. The Balaban J connectivity index is 0.00000242. The molecule has 0 saturated carbocycles. The number of nitrogens with one attached hydrogen (secondary N) is 1. The van der Waals surface area contributed by atoms with E-state index in [1.807, 2.05) is 6.07 Å². The van der Waals surface area contributed by atoms with Crippen molar-refractivity contribution in [3.8, 4) is 11.8 Å². The molecule has 1 fully saturated rings. The predicted octanol–water partition coefficient (Wildman–Crippen LogP) is 3.24. The zero-order valence-corrected chi connectivity index (χ0v) is 15.2. The smallest absolute Gasteiger partial charge is 0.166 e. The van der Waals surface area contributed by atoms with Crippen LogP contribution in [0.25, 0.3) is 0 Å². The van der Waals surface area contributed by atoms with Gasteiger partial charge in [-0.1, -0.05) is 20.8 Å². The number of halogens is 3. The molecule has 1 aliphatic heterocycles. The lowest BCUT2D eigenvalue weighted by molar-refractivity contribution is 0.0838. The first-order valence-electron chi connectivity index (χ1n) is 7.22. The number of nitriles is 1. The van der Waals surface area contributed by atoms with Gasteiger partial charge in [0.2, 0.25) is 0 Å². The van der Waals surface area contributed by atoms with Gasteiger partial charge < -0.3 is 10.4 Å². The molecule has 1 aromatic rings. The van der Waals surface area contributed by atoms with Crippen LogP contribution in [0.2, 0.25) is 0 Å². The lowest BCUT2D eigenvalue weighted by atomic mass is 9.80. The Labute approximate surface area is 149 Å². The highest BCUT2D eigenvalue weighted by molar-refractivity contribution is 5.85. The van der Waals surface area contributed by atoms with Crippen molar-refractivity contribution in [2.24, 2.45) is 5.41 Å². The van der Waals surface area contributed by atoms with E-state index in [0.717, 1.165) is 32.2 Å². The van der Waals surface area contributed by atoms with E-state index in [4.69, 9.17) is 5.26 Å². The Hall–Kier alpha value is -1.06. The first-order valence-corrected chi connectivity index (χ1v) is 7.22. The maximum absolute atomic E-state index is 13.9. The van der Waals surface area contributed by atoms with Crippen molar-refractivity contribution < 1.29 is 9.50 Å². The van der Waals surface area contributed by atoms with Gasteiger partial charge in [-0.2, -0.15) is 5.26 Å². The fourth-order valence-electron chi connectivity index (χ4n) is 3.04. The summed E-state index contributed by atoms with van der Waals surface area (Å²) in [6, 6.07) is 4.51. The van der Waals surface area contributed by atoms with Gasteiger partial charge in [-0.15, -0.1) is 24.8 Å². The third-order valence-corrected chi connectivity index (χ3v) is 3.85. The molecule has 1 heterocycles. The zero-order valence-electron chi connectivity index (χ0n) is 13.6. The molecule has 0 amide bonds. The quantitative estimate of drug-likeness (QED) is 0.846. The molecule has 2 N–H and O–H groups in total. The van der Waals surface area contributed by atoms with E-state index >= 15 is 0 Å². The summed E-state index contributed by atoms with van der Waals surface area (Å²) < 4.78 is 13.9. The summed E-state index contributed by atoms with van der Waals surface area (Å²) in [6.07, 6.45) is 0. The van der Waals surface area contributed by atoms with Crippen LogP contribution in [0.5, 0.6) is 5.75 Å². The molecule has 1 aliphatic rings. The molecular weight excluding hydrogens is 340 g/mol. The van der Waals surface area contributed by atoms with Crippen LogP contribution in [-0.4, -0.2) is 36.2 Å². The van der Waals surface area contributed by atoms with Gasteiger partial charge in [0.15, 0.2) is 11.6 Å². The maximum atomic E-state index is 13.9. The minimum atomic E-state index is -0.728. The van der Waals surface area contributed by atoms with E-state index in [2.05, 4.69) is 31.0 Å². The van der Waals surface area contributed by atoms with E-state index in [9.17, 15) is 9.50 Å². The van der Waals surface area contributed by atoms with Crippen molar-refractivity contribution in [2.45, 2.75) is 26.8 Å². The van der Waals surface area contributed by atoms with E-state index in [0.29, 0.717) is 5.56 Å². The van der Waals surface area contributed by atoms with Crippen LogP contribution in [0, 0.1) is 22.6 Å². The molecule has 1 saturated heterocycles. The van der Waals surface area contributed by atoms with Gasteiger partial charge in [0.25, 0.3) is 0 Å². The Morgan fingerprint density at radius 1 is 1.26 bits per heavy atom. The Bertz CT molecular complexity index is 564. The number of rotatable bonds is 2. The molecule has 130 valence electrons. The first kappa shape index (κ1) is 21.9. The third-order valence-electron chi connectivity index (χ3n) is 3.85. The second kappa shape index (κ2) is 8.70. The van der Waals surface area contributed by atoms with E-state index in [1.165, 1.54) is 0 Å². The normalized spacial score (nSPS) is 16.7. The summed E-state index contributed by atoms with van der Waals surface area (Å²) in [4.78, 5) is 2.24. The lowest BCUT2D eigenvalue weighted by Gasteiger charge is -2.42. The summed E-state index contributed by atoms with van der Waals surface area (Å²) in [5, 5.41) is 22.5. The number of piperazine rings is 1. The highest BCUT2D eigenvalue weighted by Gasteiger charge is 2.35. The molecule has 0 bridgehead atoms. The predicted molar refractivity (Wildman–Crippen MR) is 93.9 cm³/mol. The van der Waals surface area contributed by atoms with Crippen LogP contribution < -0.4 is 5.32 Å². The van der Waals surface area contributed by atoms with Crippen LogP contribution in [0.3, 0.4) is 0 Å². The number of phenolic OH excluding ortho intramolecular Hbond substituents is 1. The summed E-state index contributed by atoms with van der Waals surface area (Å²) in [5.41, 5.74) is 0.556. The molecule has 1 atom stereocenters. The largest absolute Gasteiger partial charge is 0.505 e. The highest BCUT2D eigenvalue weighted by Crippen LogP contribution is 2.42. The number of hydrogen-bond acceptors (Lipinski definition) is 4. The second-order valence-corrected chi connectivity index (χ2v) is 6.56. The van der Waals surface area contributed by atoms with Gasteiger partial charge in [-0.05, 0) is 17.5 Å². The summed E-state index contributed by atoms with van der Waals surface area (Å²) in [7, 11) is 0. The van der Waals surface area contributed by atoms with E-state index < -0.39 is 5.82 Å². The molecule has 2 rings (SSSR count). The number of aromatic hydroxyl groups is 1. The van der Waals surface area contributed by atoms with Crippen LogP contribution >= 0.6 is 24.8 Å². The van der Waals surface area contributed by atoms with Gasteiger partial charge in [-0.25, -0.2) is 4.39 Å². The summed E-state index contributed by atoms with van der Waals surface area (Å²) >= 11 is 0. The number of nitrogens with zero attached hydrogens (tertiary/aromatic N) is 2. The monoisotopic (exact) mass is 363 g/mol. The van der Waals surface area contributed by atoms with Crippen molar-refractivity contribution in [2.75, 3.05) is 26.2 Å². The standard InChI is InChI=1S/C16H22FN3O.2ClH/c1-16(2,3)15(20-6-4-19-5-7-20)12-8-11(10-18)9-13(17)14(12)21;;/h8-9,15,19,21H,4-7H2,1-3H3;2*1H/t15-;;/m0../s1. The Kier molecular flexibility index (Phi) is 8.30. The van der Waals surface area contributed by atoms with Crippen molar-refractivity contribution in [1.29, 1.82) is 5.26 Å². The minimum absolute atomic E-state index is 0. The first-order chi connectivity index (χ1) is 9.84. The van der Waals surface area contributed by atoms with E-state index in [-0.39, 0.29) is 47.6 Å². The Morgan fingerprint density at radius 3 is 2.30 bits per heavy atom. The fourth-order valence-corrected chi connectivity index (χ4v) is 3.04. The van der Waals surface area contributed by atoms with Crippen LogP contribution in [0.15, 0.2) is 12.1 Å². The molecule has 1 aromatic carbocycles. The van der Waals surface area contributed by atoms with Crippen LogP contribution in [0.4, 0.5) is 4.39 Å². The van der Waals surface area contributed by atoms with Crippen molar-refractivity contribution >= 4 is 24.8 Å². The molecule has 7 heteroatoms. The summed E-state index contributed by atoms with van der Waals surface area (Å²) in [6.45, 7) is 9.60. The SMILES string of the molecule is CC(C)(C)[C@H](c1cc(C#N)cc(F)c1O)N1CCNCC1.Cl.Cl.